The minimum absolute atomic E-state index is 0.0663. The van der Waals surface area contributed by atoms with E-state index in [1.54, 1.807) is 6.07 Å². The van der Waals surface area contributed by atoms with Crippen molar-refractivity contribution in [1.82, 2.24) is 5.32 Å². The molecule has 0 fully saturated rings. The molecule has 1 atom stereocenters. The number of hydrogen-bond donors (Lipinski definition) is 1. The van der Waals surface area contributed by atoms with Crippen molar-refractivity contribution in [2.24, 2.45) is 0 Å². The highest BCUT2D eigenvalue weighted by Gasteiger charge is 2.15. The van der Waals surface area contributed by atoms with Gasteiger partial charge >= 0.3 is 0 Å². The molecule has 0 saturated heterocycles. The van der Waals surface area contributed by atoms with Gasteiger partial charge in [0.25, 0.3) is 0 Å². The largest absolute Gasteiger partial charge is 0.488 e. The van der Waals surface area contributed by atoms with E-state index >= 15 is 0 Å². The molecule has 0 spiro atoms. The van der Waals surface area contributed by atoms with Crippen LogP contribution in [0, 0.1) is 5.82 Å². The zero-order valence-corrected chi connectivity index (χ0v) is 13.0. The first-order valence-corrected chi connectivity index (χ1v) is 6.98. The van der Waals surface area contributed by atoms with Gasteiger partial charge in [0.15, 0.2) is 0 Å². The van der Waals surface area contributed by atoms with Gasteiger partial charge < -0.3 is 10.1 Å². The van der Waals surface area contributed by atoms with Crippen molar-refractivity contribution in [3.8, 4) is 5.75 Å². The minimum atomic E-state index is -0.268. The average Bonchev–Trinajstić information content (AvgIpc) is 2.25. The van der Waals surface area contributed by atoms with Crippen LogP contribution in [0.5, 0.6) is 5.75 Å². The molecule has 0 aromatic heterocycles. The summed E-state index contributed by atoms with van der Waals surface area (Å²) in [6.45, 7) is 9.20. The van der Waals surface area contributed by atoms with E-state index in [1.165, 1.54) is 12.1 Å². The molecule has 1 rings (SSSR count). The maximum atomic E-state index is 13.0. The lowest BCUT2D eigenvalue weighted by Crippen LogP contribution is -2.42. The smallest absolute Gasteiger partial charge is 0.134 e. The van der Waals surface area contributed by atoms with Crippen LogP contribution in [-0.4, -0.2) is 18.2 Å². The first-order valence-electron chi connectivity index (χ1n) is 6.18. The zero-order chi connectivity index (χ0) is 13.8. The third-order valence-corrected chi connectivity index (χ3v) is 3.12. The van der Waals surface area contributed by atoms with E-state index < -0.39 is 0 Å². The third-order valence-electron chi connectivity index (χ3n) is 2.50. The molecule has 4 heteroatoms. The quantitative estimate of drug-likeness (QED) is 0.881. The molecule has 0 bridgehead atoms. The van der Waals surface area contributed by atoms with Crippen molar-refractivity contribution < 1.29 is 9.13 Å². The van der Waals surface area contributed by atoms with Crippen molar-refractivity contribution >= 4 is 15.9 Å². The first kappa shape index (κ1) is 15.4. The lowest BCUT2D eigenvalue weighted by molar-refractivity contribution is 0.180. The van der Waals surface area contributed by atoms with Crippen molar-refractivity contribution in [1.29, 1.82) is 0 Å². The van der Waals surface area contributed by atoms with Gasteiger partial charge in [-0.15, -0.1) is 0 Å². The topological polar surface area (TPSA) is 21.3 Å². The van der Waals surface area contributed by atoms with Gasteiger partial charge in [0.05, 0.1) is 4.47 Å². The summed E-state index contributed by atoms with van der Waals surface area (Å²) in [7, 11) is 0. The Balaban J connectivity index is 2.62. The number of hydrogen-bond acceptors (Lipinski definition) is 2. The lowest BCUT2D eigenvalue weighted by Gasteiger charge is -2.25. The fraction of sp³-hybridized carbons (Fsp3) is 0.571. The Kier molecular flexibility index (Phi) is 5.60. The Hall–Kier alpha value is -0.610. The van der Waals surface area contributed by atoms with Gasteiger partial charge in [0.1, 0.15) is 17.7 Å². The summed E-state index contributed by atoms with van der Waals surface area (Å²) in [4.78, 5) is 0. The van der Waals surface area contributed by atoms with Crippen LogP contribution in [0.25, 0.3) is 0 Å². The number of rotatable bonds is 5. The standard InChI is InChI=1S/C14H21BrFNO/c1-5-11(9-17-14(2,3)4)18-13-7-6-10(16)8-12(13)15/h6-8,11,17H,5,9H2,1-4H3. The highest BCUT2D eigenvalue weighted by Crippen LogP contribution is 2.26. The minimum Gasteiger partial charge on any atom is -0.488 e. The molecule has 0 aliphatic carbocycles. The maximum Gasteiger partial charge on any atom is 0.134 e. The van der Waals surface area contributed by atoms with E-state index in [0.29, 0.717) is 10.2 Å². The van der Waals surface area contributed by atoms with Gasteiger partial charge in [-0.25, -0.2) is 4.39 Å². The molecular formula is C14H21BrFNO. The third kappa shape index (κ3) is 5.36. The van der Waals surface area contributed by atoms with Gasteiger partial charge in [-0.2, -0.15) is 0 Å². The molecule has 0 aliphatic heterocycles. The molecule has 0 aliphatic rings. The number of halogens is 2. The zero-order valence-electron chi connectivity index (χ0n) is 11.4. The molecule has 1 aromatic carbocycles. The van der Waals surface area contributed by atoms with Crippen LogP contribution in [-0.2, 0) is 0 Å². The van der Waals surface area contributed by atoms with Crippen LogP contribution in [0.15, 0.2) is 22.7 Å². The molecule has 1 aromatic rings. The Morgan fingerprint density at radius 1 is 1.39 bits per heavy atom. The normalized spacial score (nSPS) is 13.4. The van der Waals surface area contributed by atoms with E-state index in [9.17, 15) is 4.39 Å². The van der Waals surface area contributed by atoms with Crippen LogP contribution in [0.3, 0.4) is 0 Å². The second kappa shape index (κ2) is 6.53. The predicted octanol–water partition coefficient (Wildman–Crippen LogP) is 4.13. The SMILES string of the molecule is CCC(CNC(C)(C)C)Oc1ccc(F)cc1Br. The first-order chi connectivity index (χ1) is 8.31. The second-order valence-corrected chi connectivity index (χ2v) is 6.21. The van der Waals surface area contributed by atoms with Crippen molar-refractivity contribution in [2.45, 2.75) is 45.8 Å². The fourth-order valence-electron chi connectivity index (χ4n) is 1.44. The van der Waals surface area contributed by atoms with Crippen LogP contribution in [0.4, 0.5) is 4.39 Å². The van der Waals surface area contributed by atoms with E-state index in [1.807, 2.05) is 0 Å². The maximum absolute atomic E-state index is 13.0. The van der Waals surface area contributed by atoms with Crippen LogP contribution >= 0.6 is 15.9 Å². The van der Waals surface area contributed by atoms with Crippen molar-refractivity contribution in [3.63, 3.8) is 0 Å². The molecule has 2 nitrogen and oxygen atoms in total. The Bertz CT molecular complexity index is 390. The summed E-state index contributed by atoms with van der Waals surface area (Å²) in [5, 5.41) is 3.41. The fourth-order valence-corrected chi connectivity index (χ4v) is 1.88. The highest BCUT2D eigenvalue weighted by molar-refractivity contribution is 9.10. The molecule has 102 valence electrons. The number of nitrogens with one attached hydrogen (secondary N) is 1. The lowest BCUT2D eigenvalue weighted by atomic mass is 10.1. The molecular weight excluding hydrogens is 297 g/mol. The summed E-state index contributed by atoms with van der Waals surface area (Å²) in [5.74, 6) is 0.411. The van der Waals surface area contributed by atoms with Crippen LogP contribution in [0.2, 0.25) is 0 Å². The van der Waals surface area contributed by atoms with Crippen molar-refractivity contribution in [3.05, 3.63) is 28.5 Å². The van der Waals surface area contributed by atoms with Crippen LogP contribution < -0.4 is 10.1 Å². The second-order valence-electron chi connectivity index (χ2n) is 5.35. The Morgan fingerprint density at radius 3 is 2.56 bits per heavy atom. The molecule has 1 N–H and O–H groups in total. The summed E-state index contributed by atoms with van der Waals surface area (Å²) < 4.78 is 19.5. The number of ether oxygens (including phenoxy) is 1. The van der Waals surface area contributed by atoms with Crippen molar-refractivity contribution in [2.75, 3.05) is 6.54 Å². The molecule has 1 unspecified atom stereocenters. The molecule has 0 saturated carbocycles. The van der Waals surface area contributed by atoms with E-state index in [-0.39, 0.29) is 17.5 Å². The average molecular weight is 318 g/mol. The van der Waals surface area contributed by atoms with E-state index in [4.69, 9.17) is 4.74 Å². The van der Waals surface area contributed by atoms with Gasteiger partial charge in [-0.1, -0.05) is 6.92 Å². The predicted molar refractivity (Wildman–Crippen MR) is 76.6 cm³/mol. The number of benzene rings is 1. The summed E-state index contributed by atoms with van der Waals surface area (Å²) in [6, 6.07) is 4.47. The van der Waals surface area contributed by atoms with Gasteiger partial charge in [-0.3, -0.25) is 0 Å². The van der Waals surface area contributed by atoms with Gasteiger partial charge in [-0.05, 0) is 61.3 Å². The van der Waals surface area contributed by atoms with E-state index in [0.717, 1.165) is 13.0 Å². The Morgan fingerprint density at radius 2 is 2.06 bits per heavy atom. The molecule has 18 heavy (non-hydrogen) atoms. The Labute approximate surface area is 117 Å². The molecule has 0 heterocycles. The van der Waals surface area contributed by atoms with E-state index in [2.05, 4.69) is 48.9 Å². The summed E-state index contributed by atoms with van der Waals surface area (Å²) >= 11 is 3.31. The van der Waals surface area contributed by atoms with Gasteiger partial charge in [0.2, 0.25) is 0 Å². The van der Waals surface area contributed by atoms with Crippen LogP contribution in [0.1, 0.15) is 34.1 Å². The summed E-state index contributed by atoms with van der Waals surface area (Å²) in [5.41, 5.74) is 0.0663. The highest BCUT2D eigenvalue weighted by atomic mass is 79.9. The molecule has 0 amide bonds. The molecule has 0 radical (unpaired) electrons. The van der Waals surface area contributed by atoms with Gasteiger partial charge in [0, 0.05) is 12.1 Å². The summed E-state index contributed by atoms with van der Waals surface area (Å²) in [6.07, 6.45) is 0.971. The monoisotopic (exact) mass is 317 g/mol.